The largest absolute Gasteiger partial charge is 0.659 e. The normalized spacial score (nSPS) is 43.5. The molecule has 4 aliphatic heterocycles. The molecule has 23 heteroatoms. The Kier molecular flexibility index (Phi) is 15.8. The van der Waals surface area contributed by atoms with Gasteiger partial charge in [-0.1, -0.05) is 141 Å². The van der Waals surface area contributed by atoms with E-state index in [0.29, 0.717) is 0 Å². The van der Waals surface area contributed by atoms with Gasteiger partial charge in [-0.2, -0.15) is 0 Å². The van der Waals surface area contributed by atoms with E-state index in [4.69, 9.17) is 49.4 Å². The molecular weight excluding hydrogens is 1030 g/mol. The Morgan fingerprint density at radius 3 is 0.768 bits per heavy atom. The van der Waals surface area contributed by atoms with Gasteiger partial charge in [-0.05, 0) is 103 Å². The van der Waals surface area contributed by atoms with Crippen LogP contribution in [0.5, 0.6) is 0 Å². The lowest BCUT2D eigenvalue weighted by atomic mass is 10.0. The zero-order valence-corrected chi connectivity index (χ0v) is 51.4. The minimum atomic E-state index is -5.25. The molecular formula is C46H88O14Si9. The molecule has 69 heavy (non-hydrogen) atoms. The number of rotatable bonds is 10. The van der Waals surface area contributed by atoms with E-state index < -0.39 is 79.0 Å². The quantitative estimate of drug-likeness (QED) is 0.200. The summed E-state index contributed by atoms with van der Waals surface area (Å²) in [5.41, 5.74) is 0.961. The fourth-order valence-corrected chi connectivity index (χ4v) is 69.2. The van der Waals surface area contributed by atoms with Crippen LogP contribution < -0.4 is 0 Å². The first-order chi connectivity index (χ1) is 33.3. The highest BCUT2D eigenvalue weighted by molar-refractivity contribution is 7.02. The summed E-state index contributed by atoms with van der Waals surface area (Å²) in [4.78, 5) is 26.2. The standard InChI is InChI=1S/C46H88O14Si9/c1-4-61(2,3)49-62(40-26-12-5-13-27-40)50-63(41-28-14-6-15-29-41)52-65(43-32-18-8-19-33-43)53-64(51-62,42-30-16-7-17-31-42)56-68(46-38-24-11-25-39-46)58-66(54-65,44-34-20-9-21-35-44)57-67(55-63,59-69(47,48)60-68)45-36-22-10-23-37-45/h4,40-48H,1,5-39H2,2-3H3. The highest BCUT2D eigenvalue weighted by Gasteiger charge is 2.86. The van der Waals surface area contributed by atoms with Crippen molar-refractivity contribution in [3.63, 3.8) is 0 Å². The van der Waals surface area contributed by atoms with Crippen molar-refractivity contribution in [1.29, 1.82) is 0 Å². The Labute approximate surface area is 424 Å². The van der Waals surface area contributed by atoms with Gasteiger partial charge < -0.3 is 59.0 Å². The molecule has 4 saturated heterocycles. The Morgan fingerprint density at radius 1 is 0.333 bits per heavy atom. The van der Waals surface area contributed by atoms with E-state index in [0.717, 1.165) is 225 Å². The van der Waals surface area contributed by atoms with E-state index in [2.05, 4.69) is 19.7 Å². The van der Waals surface area contributed by atoms with Crippen LogP contribution in [0.4, 0.5) is 0 Å². The molecule has 7 aliphatic carbocycles. The molecule has 0 aromatic carbocycles. The van der Waals surface area contributed by atoms with Crippen LogP contribution in [0.15, 0.2) is 12.3 Å². The summed E-state index contributed by atoms with van der Waals surface area (Å²) in [6.07, 6.45) is 33.7. The second-order valence-corrected chi connectivity index (χ2v) is 52.8. The maximum Gasteiger partial charge on any atom is 0.659 e. The minimum Gasteiger partial charge on any atom is -0.412 e. The summed E-state index contributed by atoms with van der Waals surface area (Å²) in [7, 11) is -38.1. The Bertz CT molecular complexity index is 1690. The first-order valence-corrected chi connectivity index (χ1v) is 46.1. The van der Waals surface area contributed by atoms with Crippen LogP contribution in [0.1, 0.15) is 225 Å². The van der Waals surface area contributed by atoms with Crippen molar-refractivity contribution >= 4 is 79.0 Å². The third-order valence-electron chi connectivity index (χ3n) is 18.7. The van der Waals surface area contributed by atoms with Crippen LogP contribution in [-0.2, 0) is 49.4 Å². The lowest BCUT2D eigenvalue weighted by Crippen LogP contribution is -2.88. The van der Waals surface area contributed by atoms with Crippen molar-refractivity contribution in [2.45, 2.75) is 277 Å². The van der Waals surface area contributed by atoms with Gasteiger partial charge in [-0.3, -0.25) is 0 Å². The molecule has 0 aromatic rings. The van der Waals surface area contributed by atoms with Crippen molar-refractivity contribution in [2.24, 2.45) is 0 Å². The maximum absolute atomic E-state index is 13.1. The third-order valence-corrected chi connectivity index (χ3v) is 58.9. The molecule has 0 radical (unpaired) electrons. The van der Waals surface area contributed by atoms with Crippen LogP contribution >= 0.6 is 0 Å². The lowest BCUT2D eigenvalue weighted by Gasteiger charge is -2.65. The highest BCUT2D eigenvalue weighted by Crippen LogP contribution is 2.63. The van der Waals surface area contributed by atoms with Gasteiger partial charge >= 0.3 is 70.7 Å². The Balaban J connectivity index is 1.26. The average molecular weight is 1120 g/mol. The Hall–Kier alpha value is 1.13. The number of hydrogen-bond donors (Lipinski definition) is 2. The molecule has 4 atom stereocenters. The molecule has 6 bridgehead atoms. The number of fused-ring (bicyclic) bond motifs is 4. The van der Waals surface area contributed by atoms with E-state index in [1.54, 1.807) is 0 Å². The third kappa shape index (κ3) is 10.3. The first-order valence-electron chi connectivity index (χ1n) is 28.8. The zero-order valence-electron chi connectivity index (χ0n) is 42.4. The summed E-state index contributed by atoms with van der Waals surface area (Å²) in [5.74, 6) is 0. The SMILES string of the molecule is C=C[Si](C)(C)O[Si]1(C2CCCCC2)O[Si]2(C3CCCCC3)O[Si]3(C4CCCCC4)O[Si](O)(O)O[Si]4(C5CCCCC5)O[Si](C5CCCCC5)(O1)O[Si](C1CCCCC1)(O2)O[Si](C1CCCCC1)(O3)O4. The fraction of sp³-hybridized carbons (Fsp3) is 0.957. The van der Waals surface area contributed by atoms with E-state index in [-0.39, 0.29) is 38.8 Å². The first kappa shape index (κ1) is 52.2. The van der Waals surface area contributed by atoms with Crippen LogP contribution in [0.3, 0.4) is 0 Å². The topological polar surface area (TPSA) is 151 Å². The molecule has 11 aliphatic rings. The van der Waals surface area contributed by atoms with Crippen LogP contribution in [-0.4, -0.2) is 88.6 Å². The molecule has 392 valence electrons. The van der Waals surface area contributed by atoms with Gasteiger partial charge in [-0.25, -0.2) is 0 Å². The summed E-state index contributed by atoms with van der Waals surface area (Å²) >= 11 is 0. The number of hydrogen-bond acceptors (Lipinski definition) is 14. The molecule has 11 fully saturated rings. The smallest absolute Gasteiger partial charge is 0.412 e. The van der Waals surface area contributed by atoms with Gasteiger partial charge in [0.25, 0.3) is 0 Å². The van der Waals surface area contributed by atoms with E-state index in [1.165, 1.54) is 0 Å². The highest BCUT2D eigenvalue weighted by atomic mass is 28.6. The summed E-state index contributed by atoms with van der Waals surface area (Å²) in [6.45, 7) is 8.88. The predicted molar refractivity (Wildman–Crippen MR) is 279 cm³/mol. The van der Waals surface area contributed by atoms with E-state index >= 15 is 0 Å². The van der Waals surface area contributed by atoms with E-state index in [9.17, 15) is 9.59 Å². The van der Waals surface area contributed by atoms with Crippen LogP contribution in [0, 0.1) is 0 Å². The summed E-state index contributed by atoms with van der Waals surface area (Å²) in [5, 5.41) is 0. The fourth-order valence-electron chi connectivity index (χ4n) is 15.0. The second kappa shape index (κ2) is 20.8. The van der Waals surface area contributed by atoms with Gasteiger partial charge in [-0.15, -0.1) is 6.58 Å². The van der Waals surface area contributed by atoms with Crippen molar-refractivity contribution < 1.29 is 59.0 Å². The Morgan fingerprint density at radius 2 is 0.536 bits per heavy atom. The predicted octanol–water partition coefficient (Wildman–Crippen LogP) is 12.5. The maximum atomic E-state index is 13.1. The van der Waals surface area contributed by atoms with Crippen molar-refractivity contribution in [3.8, 4) is 0 Å². The molecule has 4 unspecified atom stereocenters. The van der Waals surface area contributed by atoms with Crippen LogP contribution in [0.2, 0.25) is 51.9 Å². The van der Waals surface area contributed by atoms with Crippen LogP contribution in [0.25, 0.3) is 0 Å². The van der Waals surface area contributed by atoms with Gasteiger partial charge in [0.1, 0.15) is 0 Å². The summed E-state index contributed by atoms with van der Waals surface area (Å²) in [6, 6.07) is 0. The molecule has 0 amide bonds. The van der Waals surface area contributed by atoms with Crippen molar-refractivity contribution in [2.75, 3.05) is 0 Å². The molecule has 0 aromatic heterocycles. The molecule has 4 heterocycles. The van der Waals surface area contributed by atoms with Gasteiger partial charge in [0.05, 0.1) is 0 Å². The van der Waals surface area contributed by atoms with Gasteiger partial charge in [0.2, 0.25) is 8.32 Å². The monoisotopic (exact) mass is 1120 g/mol. The summed E-state index contributed by atoms with van der Waals surface area (Å²) < 4.78 is 99.5. The van der Waals surface area contributed by atoms with Crippen molar-refractivity contribution in [3.05, 3.63) is 12.3 Å². The molecule has 11 rings (SSSR count). The van der Waals surface area contributed by atoms with E-state index in [1.807, 2.05) is 5.70 Å². The second-order valence-electron chi connectivity index (χ2n) is 24.2. The van der Waals surface area contributed by atoms with Gasteiger partial charge in [0.15, 0.2) is 0 Å². The minimum absolute atomic E-state index is 0.0538. The molecule has 7 saturated carbocycles. The molecule has 2 N–H and O–H groups in total. The lowest BCUT2D eigenvalue weighted by molar-refractivity contribution is -0.0424. The van der Waals surface area contributed by atoms with Gasteiger partial charge in [0, 0.05) is 38.8 Å². The van der Waals surface area contributed by atoms with Crippen molar-refractivity contribution in [1.82, 2.24) is 0 Å². The average Bonchev–Trinajstić information content (AvgIpc) is 3.36. The molecule has 0 spiro atoms. The molecule has 14 nitrogen and oxygen atoms in total. The zero-order chi connectivity index (χ0) is 47.5.